The summed E-state index contributed by atoms with van der Waals surface area (Å²) in [6.07, 6.45) is 3.07. The van der Waals surface area contributed by atoms with E-state index in [9.17, 15) is 4.21 Å². The summed E-state index contributed by atoms with van der Waals surface area (Å²) in [6, 6.07) is 0. The molecule has 0 radical (unpaired) electrons. The summed E-state index contributed by atoms with van der Waals surface area (Å²) in [5.74, 6) is 0.763. The molecule has 0 bridgehead atoms. The molecule has 0 aliphatic carbocycles. The summed E-state index contributed by atoms with van der Waals surface area (Å²) >= 11 is 1.25. The maximum absolute atomic E-state index is 11.4. The zero-order chi connectivity index (χ0) is 12.6. The Kier molecular flexibility index (Phi) is 3.09. The Hall–Kier alpha value is -1.15. The van der Waals surface area contributed by atoms with E-state index in [-0.39, 0.29) is 5.41 Å². The summed E-state index contributed by atoms with van der Waals surface area (Å²) in [5, 5.41) is 8.60. The van der Waals surface area contributed by atoms with E-state index in [4.69, 9.17) is 0 Å². The van der Waals surface area contributed by atoms with E-state index in [1.807, 2.05) is 20.8 Å². The molecule has 92 valence electrons. The molecular weight excluding hydrogens is 258 g/mol. The number of nitrogens with zero attached hydrogens (tertiary/aromatic N) is 5. The number of aromatic nitrogens is 5. The smallest absolute Gasteiger partial charge is 0.227 e. The van der Waals surface area contributed by atoms with Crippen LogP contribution in [0, 0.1) is 0 Å². The monoisotopic (exact) mass is 271 g/mol. The summed E-state index contributed by atoms with van der Waals surface area (Å²) in [5.41, 5.74) is -0.103. The number of hydrogen-bond donors (Lipinski definition) is 0. The van der Waals surface area contributed by atoms with Gasteiger partial charge in [-0.05, 0) is 0 Å². The summed E-state index contributed by atoms with van der Waals surface area (Å²) < 4.78 is 17.4. The minimum Gasteiger partial charge on any atom is -0.251 e. The fourth-order valence-corrected chi connectivity index (χ4v) is 2.63. The van der Waals surface area contributed by atoms with Gasteiger partial charge in [-0.2, -0.15) is 4.37 Å². The van der Waals surface area contributed by atoms with Gasteiger partial charge in [0.2, 0.25) is 10.3 Å². The van der Waals surface area contributed by atoms with Crippen LogP contribution < -0.4 is 0 Å². The number of hydrogen-bond acceptors (Lipinski definition) is 6. The van der Waals surface area contributed by atoms with Gasteiger partial charge in [-0.25, -0.2) is 9.55 Å². The molecule has 0 aliphatic rings. The van der Waals surface area contributed by atoms with Crippen LogP contribution in [0.1, 0.15) is 26.6 Å². The largest absolute Gasteiger partial charge is 0.251 e. The van der Waals surface area contributed by atoms with Gasteiger partial charge in [0.25, 0.3) is 0 Å². The first-order valence-corrected chi connectivity index (χ1v) is 7.31. The Morgan fingerprint density at radius 1 is 1.41 bits per heavy atom. The minimum absolute atomic E-state index is 0.103. The molecule has 2 aromatic rings. The van der Waals surface area contributed by atoms with Crippen molar-refractivity contribution in [1.29, 1.82) is 0 Å². The molecule has 0 fully saturated rings. The van der Waals surface area contributed by atoms with Gasteiger partial charge in [0.05, 0.1) is 10.8 Å². The van der Waals surface area contributed by atoms with Crippen molar-refractivity contribution in [2.75, 3.05) is 6.26 Å². The van der Waals surface area contributed by atoms with Gasteiger partial charge < -0.3 is 0 Å². The fraction of sp³-hybridized carbons (Fsp3) is 0.556. The molecule has 0 aliphatic heterocycles. The van der Waals surface area contributed by atoms with E-state index in [0.717, 1.165) is 5.82 Å². The van der Waals surface area contributed by atoms with Gasteiger partial charge in [0.1, 0.15) is 12.2 Å². The highest BCUT2D eigenvalue weighted by molar-refractivity contribution is 7.84. The second-order valence-electron chi connectivity index (χ2n) is 4.59. The van der Waals surface area contributed by atoms with Crippen LogP contribution >= 0.6 is 11.5 Å². The number of rotatable bonds is 2. The van der Waals surface area contributed by atoms with Crippen molar-refractivity contribution in [3.63, 3.8) is 0 Å². The molecule has 0 saturated heterocycles. The predicted octanol–water partition coefficient (Wildman–Crippen LogP) is 1.15. The summed E-state index contributed by atoms with van der Waals surface area (Å²) in [7, 11) is -1.19. The summed E-state index contributed by atoms with van der Waals surface area (Å²) in [6.45, 7) is 6.14. The molecule has 17 heavy (non-hydrogen) atoms. The van der Waals surface area contributed by atoms with Crippen molar-refractivity contribution in [3.05, 3.63) is 12.2 Å². The van der Waals surface area contributed by atoms with E-state index >= 15 is 0 Å². The lowest BCUT2D eigenvalue weighted by atomic mass is 9.96. The van der Waals surface area contributed by atoms with E-state index in [1.54, 1.807) is 10.8 Å². The topological polar surface area (TPSA) is 73.6 Å². The molecular formula is C9H13N5OS2. The first-order chi connectivity index (χ1) is 7.89. The van der Waals surface area contributed by atoms with Gasteiger partial charge in [0, 0.05) is 23.2 Å². The lowest BCUT2D eigenvalue weighted by molar-refractivity contribution is 0.553. The molecule has 0 N–H and O–H groups in total. The quantitative estimate of drug-likeness (QED) is 0.819. The summed E-state index contributed by atoms with van der Waals surface area (Å²) in [4.78, 5) is 4.42. The third-order valence-electron chi connectivity index (χ3n) is 2.07. The zero-order valence-electron chi connectivity index (χ0n) is 10.0. The van der Waals surface area contributed by atoms with Crippen LogP contribution in [-0.4, -0.2) is 34.6 Å². The van der Waals surface area contributed by atoms with E-state index in [0.29, 0.717) is 10.3 Å². The van der Waals surface area contributed by atoms with Crippen LogP contribution in [-0.2, 0) is 16.2 Å². The van der Waals surface area contributed by atoms with Crippen molar-refractivity contribution in [3.8, 4) is 5.13 Å². The Bertz CT molecular complexity index is 554. The van der Waals surface area contributed by atoms with E-state index in [1.165, 1.54) is 17.9 Å². The lowest BCUT2D eigenvalue weighted by Gasteiger charge is -2.12. The minimum atomic E-state index is -1.19. The molecule has 2 rings (SSSR count). The molecule has 2 heterocycles. The predicted molar refractivity (Wildman–Crippen MR) is 65.9 cm³/mol. The van der Waals surface area contributed by atoms with E-state index < -0.39 is 10.8 Å². The van der Waals surface area contributed by atoms with Gasteiger partial charge in [-0.15, -0.1) is 10.2 Å². The van der Waals surface area contributed by atoms with Gasteiger partial charge >= 0.3 is 0 Å². The average Bonchev–Trinajstić information content (AvgIpc) is 2.85. The van der Waals surface area contributed by atoms with Gasteiger partial charge in [-0.1, -0.05) is 20.8 Å². The second kappa shape index (κ2) is 4.26. The Morgan fingerprint density at radius 2 is 2.12 bits per heavy atom. The Labute approximate surface area is 106 Å². The van der Waals surface area contributed by atoms with Gasteiger partial charge in [0.15, 0.2) is 0 Å². The zero-order valence-corrected chi connectivity index (χ0v) is 11.7. The highest BCUT2D eigenvalue weighted by Crippen LogP contribution is 2.23. The Balaban J connectivity index is 2.44. The highest BCUT2D eigenvalue weighted by atomic mass is 32.2. The first kappa shape index (κ1) is 12.3. The third-order valence-corrected chi connectivity index (χ3v) is 3.57. The van der Waals surface area contributed by atoms with Crippen molar-refractivity contribution in [2.45, 2.75) is 31.3 Å². The Morgan fingerprint density at radius 3 is 2.65 bits per heavy atom. The van der Waals surface area contributed by atoms with Crippen molar-refractivity contribution in [1.82, 2.24) is 24.1 Å². The molecule has 8 heteroatoms. The van der Waals surface area contributed by atoms with Crippen LogP contribution in [0.15, 0.2) is 11.5 Å². The SMILES string of the molecule is C[S@@](=O)c1nncn1-c1nc(C(C)(C)C)ns1. The van der Waals surface area contributed by atoms with Gasteiger partial charge in [-0.3, -0.25) is 4.21 Å². The molecule has 0 spiro atoms. The molecule has 6 nitrogen and oxygen atoms in total. The second-order valence-corrected chi connectivity index (χ2v) is 6.59. The van der Waals surface area contributed by atoms with Crippen molar-refractivity contribution in [2.24, 2.45) is 0 Å². The van der Waals surface area contributed by atoms with Crippen LogP contribution in [0.25, 0.3) is 5.13 Å². The maximum Gasteiger partial charge on any atom is 0.227 e. The third kappa shape index (κ3) is 2.42. The fourth-order valence-electron chi connectivity index (χ4n) is 1.17. The molecule has 0 unspecified atom stereocenters. The lowest BCUT2D eigenvalue weighted by Crippen LogP contribution is -2.13. The maximum atomic E-state index is 11.4. The van der Waals surface area contributed by atoms with Crippen LogP contribution in [0.5, 0.6) is 0 Å². The molecule has 0 amide bonds. The van der Waals surface area contributed by atoms with Crippen LogP contribution in [0.2, 0.25) is 0 Å². The molecule has 0 saturated carbocycles. The molecule has 0 aromatic carbocycles. The van der Waals surface area contributed by atoms with Crippen molar-refractivity contribution < 1.29 is 4.21 Å². The molecule has 2 aromatic heterocycles. The van der Waals surface area contributed by atoms with Crippen LogP contribution in [0.3, 0.4) is 0 Å². The normalized spacial score (nSPS) is 13.9. The van der Waals surface area contributed by atoms with Crippen LogP contribution in [0.4, 0.5) is 0 Å². The standard InChI is InChI=1S/C9H13N5OS2/c1-9(2,3)6-11-7(16-13-6)14-5-10-12-8(14)17(4)15/h5H,1-4H3/t17-/m1/s1. The average molecular weight is 271 g/mol. The van der Waals surface area contributed by atoms with Crippen molar-refractivity contribution >= 4 is 22.3 Å². The highest BCUT2D eigenvalue weighted by Gasteiger charge is 2.21. The van der Waals surface area contributed by atoms with E-state index in [2.05, 4.69) is 19.6 Å². The first-order valence-electron chi connectivity index (χ1n) is 4.97. The molecule has 1 atom stereocenters.